The molecule has 2 aliphatic carbocycles. The summed E-state index contributed by atoms with van der Waals surface area (Å²) in [7, 11) is 0. The Bertz CT molecular complexity index is 495. The molecule has 0 heterocycles. The van der Waals surface area contributed by atoms with Crippen molar-refractivity contribution < 1.29 is 9.50 Å². The smallest absolute Gasteiger partial charge is 0.137 e. The summed E-state index contributed by atoms with van der Waals surface area (Å²) in [6, 6.07) is 4.88. The number of rotatable bonds is 3. The van der Waals surface area contributed by atoms with Gasteiger partial charge in [0.2, 0.25) is 0 Å². The lowest BCUT2D eigenvalue weighted by atomic mass is 9.67. The molecular weight excluding hydrogens is 309 g/mol. The van der Waals surface area contributed by atoms with E-state index in [1.807, 2.05) is 0 Å². The van der Waals surface area contributed by atoms with Crippen molar-refractivity contribution in [2.75, 3.05) is 6.54 Å². The fourth-order valence-corrected chi connectivity index (χ4v) is 4.44. The second-order valence-electron chi connectivity index (χ2n) is 6.09. The van der Waals surface area contributed by atoms with E-state index in [0.29, 0.717) is 28.4 Å². The van der Waals surface area contributed by atoms with E-state index in [0.717, 1.165) is 12.8 Å². The quantitative estimate of drug-likeness (QED) is 0.893. The van der Waals surface area contributed by atoms with Crippen molar-refractivity contribution in [2.45, 2.75) is 31.8 Å². The summed E-state index contributed by atoms with van der Waals surface area (Å²) in [5.41, 5.74) is 6.40. The summed E-state index contributed by atoms with van der Waals surface area (Å²) in [5.74, 6) is 0.861. The minimum absolute atomic E-state index is 0.247. The van der Waals surface area contributed by atoms with Gasteiger partial charge in [-0.15, -0.1) is 0 Å². The minimum atomic E-state index is -0.657. The Morgan fingerprint density at radius 3 is 2.79 bits per heavy atom. The van der Waals surface area contributed by atoms with Crippen LogP contribution in [0.1, 0.15) is 37.4 Å². The Morgan fingerprint density at radius 1 is 1.47 bits per heavy atom. The van der Waals surface area contributed by atoms with E-state index in [1.54, 1.807) is 12.1 Å². The van der Waals surface area contributed by atoms with Crippen LogP contribution < -0.4 is 5.73 Å². The van der Waals surface area contributed by atoms with Crippen molar-refractivity contribution in [1.82, 2.24) is 0 Å². The third-order valence-corrected chi connectivity index (χ3v) is 5.85. The van der Waals surface area contributed by atoms with Gasteiger partial charge in [-0.3, -0.25) is 0 Å². The van der Waals surface area contributed by atoms with E-state index in [-0.39, 0.29) is 11.2 Å². The molecule has 0 saturated heterocycles. The summed E-state index contributed by atoms with van der Waals surface area (Å²) in [6.07, 6.45) is 3.90. The van der Waals surface area contributed by atoms with E-state index in [4.69, 9.17) is 5.73 Å². The van der Waals surface area contributed by atoms with Crippen LogP contribution in [0.25, 0.3) is 0 Å². The van der Waals surface area contributed by atoms with Gasteiger partial charge < -0.3 is 10.8 Å². The van der Waals surface area contributed by atoms with E-state index in [2.05, 4.69) is 15.9 Å². The van der Waals surface area contributed by atoms with Gasteiger partial charge in [-0.25, -0.2) is 4.39 Å². The molecule has 19 heavy (non-hydrogen) atoms. The van der Waals surface area contributed by atoms with Crippen LogP contribution in [0.2, 0.25) is 0 Å². The van der Waals surface area contributed by atoms with Crippen LogP contribution in [0.3, 0.4) is 0 Å². The molecule has 0 aliphatic heterocycles. The Morgan fingerprint density at radius 2 is 2.26 bits per heavy atom. The molecule has 4 heteroatoms. The zero-order chi connectivity index (χ0) is 13.6. The van der Waals surface area contributed by atoms with Gasteiger partial charge in [0.15, 0.2) is 0 Å². The second kappa shape index (κ2) is 4.83. The average Bonchev–Trinajstić information content (AvgIpc) is 3.02. The maximum Gasteiger partial charge on any atom is 0.137 e. The number of fused-ring (bicyclic) bond motifs is 2. The third kappa shape index (κ3) is 2.05. The molecule has 2 aliphatic rings. The molecule has 0 spiro atoms. The first-order valence-corrected chi connectivity index (χ1v) is 7.69. The van der Waals surface area contributed by atoms with Crippen LogP contribution in [0.4, 0.5) is 4.39 Å². The lowest BCUT2D eigenvalue weighted by Gasteiger charge is -2.41. The highest BCUT2D eigenvalue weighted by Crippen LogP contribution is 2.60. The number of nitrogens with two attached hydrogens (primary N) is 1. The molecule has 4 atom stereocenters. The van der Waals surface area contributed by atoms with Crippen molar-refractivity contribution >= 4 is 15.9 Å². The van der Waals surface area contributed by atoms with Gasteiger partial charge in [-0.2, -0.15) is 0 Å². The Hall–Kier alpha value is -0.450. The number of hydrogen-bond donors (Lipinski definition) is 2. The van der Waals surface area contributed by atoms with Crippen LogP contribution in [0.15, 0.2) is 22.7 Å². The summed E-state index contributed by atoms with van der Waals surface area (Å²) in [6.45, 7) is 0.479. The highest BCUT2D eigenvalue weighted by molar-refractivity contribution is 9.10. The van der Waals surface area contributed by atoms with Gasteiger partial charge >= 0.3 is 0 Å². The zero-order valence-corrected chi connectivity index (χ0v) is 12.4. The number of hydrogen-bond acceptors (Lipinski definition) is 2. The topological polar surface area (TPSA) is 46.2 Å². The van der Waals surface area contributed by atoms with Gasteiger partial charge in [-0.1, -0.05) is 12.5 Å². The SMILES string of the molecule is NCC1(C(O)c2ccc(Br)c(F)c2)CC2CCC1C2. The first-order valence-electron chi connectivity index (χ1n) is 6.90. The largest absolute Gasteiger partial charge is 0.388 e. The molecule has 1 aromatic carbocycles. The van der Waals surface area contributed by atoms with Crippen LogP contribution in [0.5, 0.6) is 0 Å². The molecule has 2 saturated carbocycles. The summed E-state index contributed by atoms with van der Waals surface area (Å²) in [5, 5.41) is 10.7. The van der Waals surface area contributed by atoms with E-state index < -0.39 is 6.10 Å². The Kier molecular flexibility index (Phi) is 3.44. The molecule has 2 bridgehead atoms. The third-order valence-electron chi connectivity index (χ3n) is 5.21. The standard InChI is InChI=1S/C15H19BrFNO/c16-12-4-2-10(6-13(12)17)14(19)15(8-18)7-9-1-3-11(15)5-9/h2,4,6,9,11,14,19H,1,3,5,7-8,18H2. The lowest BCUT2D eigenvalue weighted by molar-refractivity contribution is -0.0132. The summed E-state index contributed by atoms with van der Waals surface area (Å²) >= 11 is 3.14. The molecule has 0 radical (unpaired) electrons. The normalized spacial score (nSPS) is 34.7. The van der Waals surface area contributed by atoms with E-state index in [1.165, 1.54) is 18.9 Å². The fourth-order valence-electron chi connectivity index (χ4n) is 4.20. The van der Waals surface area contributed by atoms with Gasteiger partial charge in [0.25, 0.3) is 0 Å². The lowest BCUT2D eigenvalue weighted by Crippen LogP contribution is -2.41. The summed E-state index contributed by atoms with van der Waals surface area (Å²) < 4.78 is 14.1. The van der Waals surface area contributed by atoms with Crippen LogP contribution in [-0.2, 0) is 0 Å². The number of aliphatic hydroxyl groups is 1. The summed E-state index contributed by atoms with van der Waals surface area (Å²) in [4.78, 5) is 0. The molecule has 0 amide bonds. The molecule has 1 aromatic rings. The maximum absolute atomic E-state index is 13.7. The molecule has 4 unspecified atom stereocenters. The first kappa shape index (κ1) is 13.5. The van der Waals surface area contributed by atoms with Crippen molar-refractivity contribution in [3.63, 3.8) is 0 Å². The van der Waals surface area contributed by atoms with Crippen molar-refractivity contribution in [3.8, 4) is 0 Å². The van der Waals surface area contributed by atoms with Crippen molar-refractivity contribution in [1.29, 1.82) is 0 Å². The first-order chi connectivity index (χ1) is 9.06. The minimum Gasteiger partial charge on any atom is -0.388 e. The molecule has 104 valence electrons. The van der Waals surface area contributed by atoms with Crippen LogP contribution >= 0.6 is 15.9 Å². The molecule has 3 N–H and O–H groups in total. The fraction of sp³-hybridized carbons (Fsp3) is 0.600. The van der Waals surface area contributed by atoms with Gasteiger partial charge in [0, 0.05) is 12.0 Å². The van der Waals surface area contributed by atoms with Gasteiger partial charge in [-0.05, 0) is 64.7 Å². The number of benzene rings is 1. The van der Waals surface area contributed by atoms with Crippen LogP contribution in [0, 0.1) is 23.1 Å². The van der Waals surface area contributed by atoms with Gasteiger partial charge in [0.1, 0.15) is 5.82 Å². The van der Waals surface area contributed by atoms with Crippen molar-refractivity contribution in [3.05, 3.63) is 34.1 Å². The van der Waals surface area contributed by atoms with E-state index in [9.17, 15) is 9.50 Å². The molecule has 2 fully saturated rings. The Labute approximate surface area is 121 Å². The molecule has 3 rings (SSSR count). The molecule has 0 aromatic heterocycles. The molecule has 2 nitrogen and oxygen atoms in total. The second-order valence-corrected chi connectivity index (χ2v) is 6.95. The zero-order valence-electron chi connectivity index (χ0n) is 10.8. The monoisotopic (exact) mass is 327 g/mol. The predicted octanol–water partition coefficient (Wildman–Crippen LogP) is 3.39. The molecular formula is C15H19BrFNO. The van der Waals surface area contributed by atoms with Crippen LogP contribution in [-0.4, -0.2) is 11.7 Å². The predicted molar refractivity (Wildman–Crippen MR) is 76.0 cm³/mol. The Balaban J connectivity index is 1.93. The highest BCUT2D eigenvalue weighted by Gasteiger charge is 2.54. The maximum atomic E-state index is 13.7. The highest BCUT2D eigenvalue weighted by atomic mass is 79.9. The number of aliphatic hydroxyl groups excluding tert-OH is 1. The number of halogens is 2. The van der Waals surface area contributed by atoms with Gasteiger partial charge in [0.05, 0.1) is 10.6 Å². The average molecular weight is 328 g/mol. The van der Waals surface area contributed by atoms with E-state index >= 15 is 0 Å². The van der Waals surface area contributed by atoms with Crippen molar-refractivity contribution in [2.24, 2.45) is 23.0 Å².